The van der Waals surface area contributed by atoms with E-state index >= 15 is 0 Å². The van der Waals surface area contributed by atoms with Crippen LogP contribution in [-0.2, 0) is 16.1 Å². The van der Waals surface area contributed by atoms with E-state index in [0.29, 0.717) is 29.0 Å². The second-order valence-corrected chi connectivity index (χ2v) is 7.91. The van der Waals surface area contributed by atoms with Crippen LogP contribution in [0.15, 0.2) is 81.9 Å². The zero-order chi connectivity index (χ0) is 22.7. The lowest BCUT2D eigenvalue weighted by molar-refractivity contribution is -0.385. The fraction of sp³-hybridized carbons (Fsp3) is 0.0833. The molecule has 8 heteroatoms. The van der Waals surface area contributed by atoms with Gasteiger partial charge in [-0.25, -0.2) is 9.79 Å². The van der Waals surface area contributed by atoms with Gasteiger partial charge in [0.05, 0.1) is 4.92 Å². The zero-order valence-electron chi connectivity index (χ0n) is 16.9. The molecular formula is C24H17BrN2O5. The Bertz CT molecular complexity index is 1270. The van der Waals surface area contributed by atoms with E-state index in [-0.39, 0.29) is 17.3 Å². The molecular weight excluding hydrogens is 476 g/mol. The molecule has 160 valence electrons. The minimum Gasteiger partial charge on any atom is -0.488 e. The summed E-state index contributed by atoms with van der Waals surface area (Å²) in [7, 11) is 0. The van der Waals surface area contributed by atoms with Crippen LogP contribution in [0.25, 0.3) is 6.08 Å². The van der Waals surface area contributed by atoms with Crippen molar-refractivity contribution in [2.45, 2.75) is 13.5 Å². The number of para-hydroxylation sites is 1. The van der Waals surface area contributed by atoms with E-state index in [1.807, 2.05) is 42.5 Å². The van der Waals surface area contributed by atoms with Crippen LogP contribution < -0.4 is 4.74 Å². The van der Waals surface area contributed by atoms with Crippen molar-refractivity contribution in [1.82, 2.24) is 0 Å². The molecule has 0 spiro atoms. The van der Waals surface area contributed by atoms with Gasteiger partial charge in [0.1, 0.15) is 12.4 Å². The molecule has 4 rings (SSSR count). The number of nitro groups is 1. The van der Waals surface area contributed by atoms with Gasteiger partial charge >= 0.3 is 5.97 Å². The van der Waals surface area contributed by atoms with E-state index in [2.05, 4.69) is 20.9 Å². The van der Waals surface area contributed by atoms with E-state index in [1.165, 1.54) is 12.1 Å². The van der Waals surface area contributed by atoms with Crippen LogP contribution in [0.5, 0.6) is 5.75 Å². The second-order valence-electron chi connectivity index (χ2n) is 7.00. The second kappa shape index (κ2) is 9.15. The molecule has 0 aliphatic carbocycles. The van der Waals surface area contributed by atoms with Gasteiger partial charge in [0, 0.05) is 27.2 Å². The van der Waals surface area contributed by atoms with Gasteiger partial charge in [0.25, 0.3) is 5.69 Å². The number of halogens is 1. The Hall–Kier alpha value is -3.78. The number of rotatable bonds is 6. The number of esters is 1. The Balaban J connectivity index is 1.61. The number of nitro benzene ring substituents is 1. The standard InChI is InChI=1S/C24H17BrN2O5/c1-15-19(6-4-7-21(15)27(29)30)23-26-20(24(28)32-23)13-17-5-2-3-8-22(17)31-14-16-9-11-18(25)12-10-16/h2-13H,14H2,1H3/b20-13-. The van der Waals surface area contributed by atoms with Gasteiger partial charge < -0.3 is 9.47 Å². The number of hydrogen-bond donors (Lipinski definition) is 0. The first-order valence-electron chi connectivity index (χ1n) is 9.65. The highest BCUT2D eigenvalue weighted by molar-refractivity contribution is 9.10. The Labute approximate surface area is 192 Å². The number of carbonyl (C=O) groups excluding carboxylic acids is 1. The molecule has 1 heterocycles. The molecule has 1 aliphatic heterocycles. The molecule has 3 aromatic rings. The molecule has 0 saturated carbocycles. The van der Waals surface area contributed by atoms with E-state index in [1.54, 1.807) is 25.1 Å². The van der Waals surface area contributed by atoms with Gasteiger partial charge in [-0.1, -0.05) is 52.3 Å². The summed E-state index contributed by atoms with van der Waals surface area (Å²) in [5.41, 5.74) is 2.46. The van der Waals surface area contributed by atoms with Crippen molar-refractivity contribution in [2.75, 3.05) is 0 Å². The Morgan fingerprint density at radius 3 is 2.59 bits per heavy atom. The summed E-state index contributed by atoms with van der Waals surface area (Å²) in [6.07, 6.45) is 1.58. The van der Waals surface area contributed by atoms with Crippen molar-refractivity contribution in [1.29, 1.82) is 0 Å². The van der Waals surface area contributed by atoms with Crippen LogP contribution >= 0.6 is 15.9 Å². The lowest BCUT2D eigenvalue weighted by atomic mass is 10.1. The SMILES string of the molecule is Cc1c(C2=N/C(=C\c3ccccc3OCc3ccc(Br)cc3)C(=O)O2)cccc1[N+](=O)[O-]. The van der Waals surface area contributed by atoms with Gasteiger partial charge in [-0.15, -0.1) is 0 Å². The molecule has 0 amide bonds. The van der Waals surface area contributed by atoms with Crippen molar-refractivity contribution in [3.8, 4) is 5.75 Å². The predicted molar refractivity (Wildman–Crippen MR) is 123 cm³/mol. The number of carbonyl (C=O) groups is 1. The van der Waals surface area contributed by atoms with Crippen LogP contribution in [0.1, 0.15) is 22.3 Å². The highest BCUT2D eigenvalue weighted by atomic mass is 79.9. The van der Waals surface area contributed by atoms with E-state index in [0.717, 1.165) is 10.0 Å². The van der Waals surface area contributed by atoms with E-state index < -0.39 is 10.9 Å². The summed E-state index contributed by atoms with van der Waals surface area (Å²) < 4.78 is 12.2. The van der Waals surface area contributed by atoms with Gasteiger partial charge in [-0.2, -0.15) is 0 Å². The van der Waals surface area contributed by atoms with Gasteiger partial charge in [0.2, 0.25) is 5.90 Å². The number of ether oxygens (including phenoxy) is 2. The minimum atomic E-state index is -0.631. The third-order valence-corrected chi connectivity index (χ3v) is 5.40. The summed E-state index contributed by atoms with van der Waals surface area (Å²) in [6.45, 7) is 1.95. The topological polar surface area (TPSA) is 91.0 Å². The maximum atomic E-state index is 12.4. The lowest BCUT2D eigenvalue weighted by Crippen LogP contribution is -2.08. The maximum absolute atomic E-state index is 12.4. The van der Waals surface area contributed by atoms with E-state index in [4.69, 9.17) is 9.47 Å². The van der Waals surface area contributed by atoms with Crippen molar-refractivity contribution >= 4 is 39.6 Å². The lowest BCUT2D eigenvalue weighted by Gasteiger charge is -2.09. The molecule has 7 nitrogen and oxygen atoms in total. The largest absolute Gasteiger partial charge is 0.488 e. The normalized spacial score (nSPS) is 14.2. The number of benzene rings is 3. The van der Waals surface area contributed by atoms with Gasteiger partial charge in [0.15, 0.2) is 5.70 Å². The van der Waals surface area contributed by atoms with Crippen molar-refractivity contribution < 1.29 is 19.2 Å². The van der Waals surface area contributed by atoms with Gasteiger partial charge in [-0.3, -0.25) is 10.1 Å². The van der Waals surface area contributed by atoms with Gasteiger partial charge in [-0.05, 0) is 42.8 Å². The van der Waals surface area contributed by atoms with Crippen LogP contribution in [0.3, 0.4) is 0 Å². The molecule has 0 aromatic heterocycles. The highest BCUT2D eigenvalue weighted by Crippen LogP contribution is 2.28. The average Bonchev–Trinajstić information content (AvgIpc) is 3.14. The molecule has 0 atom stereocenters. The highest BCUT2D eigenvalue weighted by Gasteiger charge is 2.27. The van der Waals surface area contributed by atoms with Crippen molar-refractivity contribution in [2.24, 2.45) is 4.99 Å². The first kappa shape index (κ1) is 21.5. The molecule has 1 aliphatic rings. The number of hydrogen-bond acceptors (Lipinski definition) is 6. The van der Waals surface area contributed by atoms with Crippen LogP contribution in [0.4, 0.5) is 5.69 Å². The predicted octanol–water partition coefficient (Wildman–Crippen LogP) is 5.59. The maximum Gasteiger partial charge on any atom is 0.363 e. The summed E-state index contributed by atoms with van der Waals surface area (Å²) in [6, 6.07) is 19.6. The summed E-state index contributed by atoms with van der Waals surface area (Å²) in [5.74, 6) is -0.00442. The molecule has 3 aromatic carbocycles. The average molecular weight is 493 g/mol. The van der Waals surface area contributed by atoms with Crippen LogP contribution in [0, 0.1) is 17.0 Å². The minimum absolute atomic E-state index is 0.0377. The van der Waals surface area contributed by atoms with Crippen LogP contribution in [-0.4, -0.2) is 16.8 Å². The zero-order valence-corrected chi connectivity index (χ0v) is 18.5. The van der Waals surface area contributed by atoms with Crippen LogP contribution in [0.2, 0.25) is 0 Å². The molecule has 0 N–H and O–H groups in total. The molecule has 0 bridgehead atoms. The molecule has 32 heavy (non-hydrogen) atoms. The van der Waals surface area contributed by atoms with E-state index in [9.17, 15) is 14.9 Å². The third kappa shape index (κ3) is 4.60. The van der Waals surface area contributed by atoms with Crippen molar-refractivity contribution in [3.63, 3.8) is 0 Å². The number of cyclic esters (lactones) is 1. The summed E-state index contributed by atoms with van der Waals surface area (Å²) >= 11 is 3.41. The fourth-order valence-electron chi connectivity index (χ4n) is 3.20. The molecule has 0 unspecified atom stereocenters. The van der Waals surface area contributed by atoms with Crippen molar-refractivity contribution in [3.05, 3.63) is 109 Å². The fourth-order valence-corrected chi connectivity index (χ4v) is 3.46. The Kier molecular flexibility index (Phi) is 6.13. The Morgan fingerprint density at radius 2 is 1.84 bits per heavy atom. The Morgan fingerprint density at radius 1 is 1.09 bits per heavy atom. The first-order chi connectivity index (χ1) is 15.4. The first-order valence-corrected chi connectivity index (χ1v) is 10.4. The molecule has 0 fully saturated rings. The molecule has 0 radical (unpaired) electrons. The smallest absolute Gasteiger partial charge is 0.363 e. The number of nitrogens with zero attached hydrogens (tertiary/aromatic N) is 2. The summed E-state index contributed by atoms with van der Waals surface area (Å²) in [4.78, 5) is 27.4. The number of aliphatic imine (C=N–C) groups is 1. The molecule has 0 saturated heterocycles. The summed E-state index contributed by atoms with van der Waals surface area (Å²) in [5, 5.41) is 11.2. The monoisotopic (exact) mass is 492 g/mol. The quantitative estimate of drug-likeness (QED) is 0.193. The third-order valence-electron chi connectivity index (χ3n) is 4.87.